The first-order valence-corrected chi connectivity index (χ1v) is 5.73. The Hall–Kier alpha value is -2.44. The van der Waals surface area contributed by atoms with Crippen LogP contribution in [0.5, 0.6) is 0 Å². The zero-order valence-electron chi connectivity index (χ0n) is 10.3. The third-order valence-electron chi connectivity index (χ3n) is 2.52. The van der Waals surface area contributed by atoms with Crippen molar-refractivity contribution in [2.45, 2.75) is 25.8 Å². The zero-order valence-corrected chi connectivity index (χ0v) is 10.3. The molecule has 0 unspecified atom stereocenters. The Bertz CT molecular complexity index is 483. The molecule has 1 aromatic rings. The van der Waals surface area contributed by atoms with Crippen molar-refractivity contribution in [2.75, 3.05) is 0 Å². The van der Waals surface area contributed by atoms with Gasteiger partial charge in [-0.05, 0) is 18.6 Å². The topological polar surface area (TPSA) is 110 Å². The molecule has 0 aliphatic heterocycles. The van der Waals surface area contributed by atoms with E-state index in [1.807, 2.05) is 6.92 Å². The summed E-state index contributed by atoms with van der Waals surface area (Å²) in [4.78, 5) is 32.6. The Morgan fingerprint density at radius 2 is 1.95 bits per heavy atom. The number of nitro groups is 1. The fourth-order valence-corrected chi connectivity index (χ4v) is 1.52. The van der Waals surface area contributed by atoms with Crippen molar-refractivity contribution < 1.29 is 19.6 Å². The average molecular weight is 266 g/mol. The average Bonchev–Trinajstić information content (AvgIpc) is 2.38. The molecule has 7 nitrogen and oxygen atoms in total. The lowest BCUT2D eigenvalue weighted by Crippen LogP contribution is -2.40. The molecular weight excluding hydrogens is 252 g/mol. The Kier molecular flexibility index (Phi) is 4.99. The van der Waals surface area contributed by atoms with Gasteiger partial charge in [-0.15, -0.1) is 0 Å². The number of amides is 1. The summed E-state index contributed by atoms with van der Waals surface area (Å²) in [6.07, 6.45) is 0.950. The maximum atomic E-state index is 11.8. The van der Waals surface area contributed by atoms with Gasteiger partial charge < -0.3 is 10.4 Å². The quantitative estimate of drug-likeness (QED) is 0.600. The van der Waals surface area contributed by atoms with Crippen molar-refractivity contribution in [3.05, 3.63) is 39.9 Å². The normalized spacial score (nSPS) is 11.6. The number of carboxylic acid groups (broad SMARTS) is 1. The first-order valence-electron chi connectivity index (χ1n) is 5.73. The summed E-state index contributed by atoms with van der Waals surface area (Å²) in [5.41, 5.74) is 0.0628. The number of aliphatic carboxylic acids is 1. The predicted octanol–water partition coefficient (Wildman–Crippen LogP) is 1.58. The summed E-state index contributed by atoms with van der Waals surface area (Å²) in [5.74, 6) is -1.66. The van der Waals surface area contributed by atoms with Crippen molar-refractivity contribution in [3.63, 3.8) is 0 Å². The third-order valence-corrected chi connectivity index (χ3v) is 2.52. The number of nitro benzene ring substituents is 1. The van der Waals surface area contributed by atoms with Crippen LogP contribution in [0.3, 0.4) is 0 Å². The number of nitrogens with zero attached hydrogens (tertiary/aromatic N) is 1. The van der Waals surface area contributed by atoms with Gasteiger partial charge >= 0.3 is 5.97 Å². The molecule has 1 aromatic carbocycles. The SMILES string of the molecule is CCC[C@@H](NC(=O)c1ccc([N+](=O)[O-])cc1)C(=O)O. The van der Waals surface area contributed by atoms with Crippen LogP contribution in [0.4, 0.5) is 5.69 Å². The maximum Gasteiger partial charge on any atom is 0.326 e. The minimum Gasteiger partial charge on any atom is -0.480 e. The van der Waals surface area contributed by atoms with Crippen LogP contribution in [-0.2, 0) is 4.79 Å². The summed E-state index contributed by atoms with van der Waals surface area (Å²) in [6, 6.07) is 4.03. The molecule has 0 aromatic heterocycles. The lowest BCUT2D eigenvalue weighted by molar-refractivity contribution is -0.384. The Morgan fingerprint density at radius 1 is 1.37 bits per heavy atom. The second-order valence-electron chi connectivity index (χ2n) is 3.96. The third kappa shape index (κ3) is 4.06. The summed E-state index contributed by atoms with van der Waals surface area (Å²) in [5, 5.41) is 21.7. The molecule has 0 spiro atoms. The van der Waals surface area contributed by atoms with Gasteiger partial charge in [0.05, 0.1) is 4.92 Å². The maximum absolute atomic E-state index is 11.8. The van der Waals surface area contributed by atoms with E-state index < -0.39 is 22.8 Å². The van der Waals surface area contributed by atoms with E-state index in [0.29, 0.717) is 12.8 Å². The molecule has 102 valence electrons. The fraction of sp³-hybridized carbons (Fsp3) is 0.333. The smallest absolute Gasteiger partial charge is 0.326 e. The molecule has 2 N–H and O–H groups in total. The Labute approximate surface area is 109 Å². The molecule has 0 saturated heterocycles. The molecule has 1 amide bonds. The van der Waals surface area contributed by atoms with E-state index in [2.05, 4.69) is 5.32 Å². The van der Waals surface area contributed by atoms with Gasteiger partial charge in [0.2, 0.25) is 0 Å². The van der Waals surface area contributed by atoms with E-state index in [1.165, 1.54) is 24.3 Å². The number of carbonyl (C=O) groups is 2. The van der Waals surface area contributed by atoms with E-state index in [9.17, 15) is 19.7 Å². The summed E-state index contributed by atoms with van der Waals surface area (Å²) in [6.45, 7) is 1.81. The van der Waals surface area contributed by atoms with Crippen LogP contribution >= 0.6 is 0 Å². The van der Waals surface area contributed by atoms with Gasteiger partial charge in [-0.25, -0.2) is 4.79 Å². The molecule has 0 saturated carbocycles. The molecule has 0 aliphatic carbocycles. The van der Waals surface area contributed by atoms with Gasteiger partial charge in [-0.2, -0.15) is 0 Å². The molecule has 1 rings (SSSR count). The van der Waals surface area contributed by atoms with Gasteiger partial charge in [-0.3, -0.25) is 14.9 Å². The molecule has 0 radical (unpaired) electrons. The van der Waals surface area contributed by atoms with Crippen molar-refractivity contribution in [3.8, 4) is 0 Å². The van der Waals surface area contributed by atoms with Gasteiger partial charge in [0.15, 0.2) is 0 Å². The first-order chi connectivity index (χ1) is 8.95. The molecule has 19 heavy (non-hydrogen) atoms. The number of hydrogen-bond donors (Lipinski definition) is 2. The first kappa shape index (κ1) is 14.6. The van der Waals surface area contributed by atoms with Crippen LogP contribution < -0.4 is 5.32 Å². The highest BCUT2D eigenvalue weighted by Gasteiger charge is 2.19. The number of benzene rings is 1. The molecule has 0 fully saturated rings. The van der Waals surface area contributed by atoms with Crippen LogP contribution in [0.1, 0.15) is 30.1 Å². The number of rotatable bonds is 6. The van der Waals surface area contributed by atoms with E-state index in [-0.39, 0.29) is 11.3 Å². The Morgan fingerprint density at radius 3 is 2.37 bits per heavy atom. The standard InChI is InChI=1S/C12H14N2O5/c1-2-3-10(12(16)17)13-11(15)8-4-6-9(7-5-8)14(18)19/h4-7,10H,2-3H2,1H3,(H,13,15)(H,16,17)/t10-/m1/s1. The van der Waals surface area contributed by atoms with Crippen LogP contribution in [0.15, 0.2) is 24.3 Å². The van der Waals surface area contributed by atoms with Crippen LogP contribution in [-0.4, -0.2) is 27.9 Å². The number of carbonyl (C=O) groups excluding carboxylic acids is 1. The summed E-state index contributed by atoms with van der Waals surface area (Å²) < 4.78 is 0. The summed E-state index contributed by atoms with van der Waals surface area (Å²) in [7, 11) is 0. The van der Waals surface area contributed by atoms with E-state index in [4.69, 9.17) is 5.11 Å². The van der Waals surface area contributed by atoms with Crippen molar-refractivity contribution in [1.82, 2.24) is 5.32 Å². The number of carboxylic acids is 1. The number of nitrogens with one attached hydrogen (secondary N) is 1. The van der Waals surface area contributed by atoms with Crippen molar-refractivity contribution >= 4 is 17.6 Å². The number of non-ortho nitro benzene ring substituents is 1. The molecule has 0 bridgehead atoms. The molecule has 1 atom stereocenters. The van der Waals surface area contributed by atoms with Crippen molar-refractivity contribution in [1.29, 1.82) is 0 Å². The Balaban J connectivity index is 2.76. The highest BCUT2D eigenvalue weighted by atomic mass is 16.6. The van der Waals surface area contributed by atoms with E-state index >= 15 is 0 Å². The van der Waals surface area contributed by atoms with Gasteiger partial charge in [0.25, 0.3) is 11.6 Å². The van der Waals surface area contributed by atoms with E-state index in [1.54, 1.807) is 0 Å². The monoisotopic (exact) mass is 266 g/mol. The summed E-state index contributed by atoms with van der Waals surface area (Å²) >= 11 is 0. The van der Waals surface area contributed by atoms with Crippen LogP contribution in [0, 0.1) is 10.1 Å². The number of hydrogen-bond acceptors (Lipinski definition) is 4. The van der Waals surface area contributed by atoms with E-state index in [0.717, 1.165) is 0 Å². The minimum absolute atomic E-state index is 0.125. The second kappa shape index (κ2) is 6.48. The minimum atomic E-state index is -1.10. The van der Waals surface area contributed by atoms with Gasteiger partial charge in [0.1, 0.15) is 6.04 Å². The van der Waals surface area contributed by atoms with Gasteiger partial charge in [0, 0.05) is 17.7 Å². The zero-order chi connectivity index (χ0) is 14.4. The van der Waals surface area contributed by atoms with Crippen molar-refractivity contribution in [2.24, 2.45) is 0 Å². The predicted molar refractivity (Wildman–Crippen MR) is 66.9 cm³/mol. The largest absolute Gasteiger partial charge is 0.480 e. The molecule has 0 aliphatic rings. The second-order valence-corrected chi connectivity index (χ2v) is 3.96. The lowest BCUT2D eigenvalue weighted by Gasteiger charge is -2.13. The highest BCUT2D eigenvalue weighted by molar-refractivity contribution is 5.96. The molecule has 0 heterocycles. The lowest BCUT2D eigenvalue weighted by atomic mass is 10.1. The fourth-order valence-electron chi connectivity index (χ4n) is 1.52. The molecular formula is C12H14N2O5. The van der Waals surface area contributed by atoms with Gasteiger partial charge in [-0.1, -0.05) is 13.3 Å². The highest BCUT2D eigenvalue weighted by Crippen LogP contribution is 2.12. The van der Waals surface area contributed by atoms with Crippen LogP contribution in [0.2, 0.25) is 0 Å². The molecule has 7 heteroatoms. The van der Waals surface area contributed by atoms with Crippen LogP contribution in [0.25, 0.3) is 0 Å².